The van der Waals surface area contributed by atoms with Gasteiger partial charge >= 0.3 is 10.1 Å². The number of hydrogen-bond donors (Lipinski definition) is 0. The second-order valence-electron chi connectivity index (χ2n) is 7.08. The Balaban J connectivity index is 1.51. The molecule has 3 aromatic carbocycles. The van der Waals surface area contributed by atoms with Crippen LogP contribution in [-0.2, 0) is 21.5 Å². The molecule has 0 aliphatic carbocycles. The van der Waals surface area contributed by atoms with E-state index in [0.717, 1.165) is 26.7 Å². The molecule has 11 heteroatoms. The Morgan fingerprint density at radius 3 is 2.29 bits per heavy atom. The minimum absolute atomic E-state index is 0.0281. The van der Waals surface area contributed by atoms with Crippen molar-refractivity contribution < 1.29 is 22.2 Å². The summed E-state index contributed by atoms with van der Waals surface area (Å²) in [6, 6.07) is 17.2. The lowest BCUT2D eigenvalue weighted by Crippen LogP contribution is -2.27. The summed E-state index contributed by atoms with van der Waals surface area (Å²) < 4.78 is 31.0. The van der Waals surface area contributed by atoms with Gasteiger partial charge in [-0.05, 0) is 77.5 Å². The molecular formula is C23H14BrCl2NO5S2. The molecule has 1 heterocycles. The third-order valence-electron chi connectivity index (χ3n) is 4.68. The van der Waals surface area contributed by atoms with Gasteiger partial charge in [0.25, 0.3) is 11.1 Å². The number of halogens is 3. The molecule has 0 spiro atoms. The van der Waals surface area contributed by atoms with Gasteiger partial charge in [-0.15, -0.1) is 0 Å². The number of benzene rings is 3. The van der Waals surface area contributed by atoms with E-state index in [-0.39, 0.29) is 32.4 Å². The van der Waals surface area contributed by atoms with Gasteiger partial charge in [0.15, 0.2) is 5.75 Å². The van der Waals surface area contributed by atoms with Crippen molar-refractivity contribution in [2.75, 3.05) is 0 Å². The summed E-state index contributed by atoms with van der Waals surface area (Å²) >= 11 is 16.2. The van der Waals surface area contributed by atoms with Crippen LogP contribution in [0.4, 0.5) is 4.79 Å². The molecule has 4 rings (SSSR count). The molecule has 6 nitrogen and oxygen atoms in total. The molecule has 1 saturated heterocycles. The van der Waals surface area contributed by atoms with Gasteiger partial charge in [-0.25, -0.2) is 0 Å². The SMILES string of the molecule is O=C1S/C(=C\c2ccc(OS(=O)(=O)c3ccc(Cl)cc3)c(Cl)c2)C(=O)N1Cc1ccc(Br)cc1. The van der Waals surface area contributed by atoms with Gasteiger partial charge in [-0.3, -0.25) is 14.5 Å². The highest BCUT2D eigenvalue weighted by molar-refractivity contribution is 9.10. The lowest BCUT2D eigenvalue weighted by atomic mass is 10.2. The van der Waals surface area contributed by atoms with Crippen molar-refractivity contribution in [1.82, 2.24) is 4.90 Å². The van der Waals surface area contributed by atoms with Crippen molar-refractivity contribution in [3.05, 3.63) is 97.3 Å². The standard InChI is InChI=1S/C23H14BrCl2NO5S2/c24-16-4-1-14(2-5-16)13-27-22(28)21(33-23(27)29)12-15-3-10-20(19(26)11-15)32-34(30,31)18-8-6-17(25)7-9-18/h1-12H,13H2/b21-12-. The van der Waals surface area contributed by atoms with Crippen LogP contribution in [0.2, 0.25) is 10.0 Å². The average molecular weight is 599 g/mol. The zero-order valence-electron chi connectivity index (χ0n) is 17.1. The molecule has 2 amide bonds. The smallest absolute Gasteiger partial charge is 0.339 e. The fourth-order valence-corrected chi connectivity index (χ4v) is 5.45. The number of amides is 2. The van der Waals surface area contributed by atoms with Crippen LogP contribution in [0.3, 0.4) is 0 Å². The van der Waals surface area contributed by atoms with Crippen molar-refractivity contribution in [3.63, 3.8) is 0 Å². The van der Waals surface area contributed by atoms with Gasteiger partial charge in [0.2, 0.25) is 0 Å². The molecule has 0 saturated carbocycles. The van der Waals surface area contributed by atoms with Gasteiger partial charge in [-0.2, -0.15) is 8.42 Å². The molecule has 3 aromatic rings. The first kappa shape index (κ1) is 24.8. The predicted molar refractivity (Wildman–Crippen MR) is 136 cm³/mol. The summed E-state index contributed by atoms with van der Waals surface area (Å²) in [4.78, 5) is 26.5. The molecule has 0 bridgehead atoms. The van der Waals surface area contributed by atoms with E-state index in [9.17, 15) is 18.0 Å². The Morgan fingerprint density at radius 1 is 0.971 bits per heavy atom. The average Bonchev–Trinajstić information content (AvgIpc) is 3.04. The second kappa shape index (κ2) is 10.1. The van der Waals surface area contributed by atoms with E-state index in [1.165, 1.54) is 42.5 Å². The Morgan fingerprint density at radius 2 is 1.65 bits per heavy atom. The zero-order valence-corrected chi connectivity index (χ0v) is 21.8. The molecule has 0 aromatic heterocycles. The normalized spacial score (nSPS) is 15.3. The fraction of sp³-hybridized carbons (Fsp3) is 0.0435. The number of hydrogen-bond acceptors (Lipinski definition) is 6. The summed E-state index contributed by atoms with van der Waals surface area (Å²) in [6.45, 7) is 0.158. The van der Waals surface area contributed by atoms with Gasteiger partial charge in [-0.1, -0.05) is 57.3 Å². The number of rotatable bonds is 6. The van der Waals surface area contributed by atoms with Crippen molar-refractivity contribution >= 4 is 78.2 Å². The van der Waals surface area contributed by atoms with Gasteiger partial charge < -0.3 is 4.18 Å². The maximum atomic E-state index is 12.8. The minimum atomic E-state index is -4.11. The summed E-state index contributed by atoms with van der Waals surface area (Å²) in [5.74, 6) is -0.489. The lowest BCUT2D eigenvalue weighted by Gasteiger charge is -2.12. The van der Waals surface area contributed by atoms with Crippen LogP contribution in [0.1, 0.15) is 11.1 Å². The second-order valence-corrected chi connectivity index (χ2v) is 11.4. The Kier molecular flexibility index (Phi) is 7.39. The molecule has 174 valence electrons. The van der Waals surface area contributed by atoms with Crippen molar-refractivity contribution in [2.45, 2.75) is 11.4 Å². The molecule has 0 atom stereocenters. The summed E-state index contributed by atoms with van der Waals surface area (Å²) in [5, 5.41) is 0.0437. The van der Waals surface area contributed by atoms with Crippen LogP contribution >= 0.6 is 50.9 Å². The number of nitrogens with zero attached hydrogens (tertiary/aromatic N) is 1. The Bertz CT molecular complexity index is 1410. The van der Waals surface area contributed by atoms with Crippen molar-refractivity contribution in [3.8, 4) is 5.75 Å². The Hall–Kier alpha value is -2.30. The van der Waals surface area contributed by atoms with Gasteiger partial charge in [0.1, 0.15) is 4.90 Å². The van der Waals surface area contributed by atoms with E-state index in [1.807, 2.05) is 24.3 Å². The van der Waals surface area contributed by atoms with Crippen molar-refractivity contribution in [2.24, 2.45) is 0 Å². The number of thioether (sulfide) groups is 1. The van der Waals surface area contributed by atoms with Crippen LogP contribution in [0, 0.1) is 0 Å². The number of carbonyl (C=O) groups is 2. The van der Waals surface area contributed by atoms with E-state index >= 15 is 0 Å². The van der Waals surface area contributed by atoms with Crippen LogP contribution < -0.4 is 4.18 Å². The van der Waals surface area contributed by atoms with Crippen LogP contribution in [0.5, 0.6) is 5.75 Å². The zero-order chi connectivity index (χ0) is 24.5. The molecule has 1 aliphatic heterocycles. The van der Waals surface area contributed by atoms with E-state index in [0.29, 0.717) is 10.6 Å². The van der Waals surface area contributed by atoms with E-state index in [1.54, 1.807) is 6.07 Å². The van der Waals surface area contributed by atoms with Crippen LogP contribution in [0.15, 0.2) is 81.0 Å². The first-order valence-electron chi connectivity index (χ1n) is 9.62. The lowest BCUT2D eigenvalue weighted by molar-refractivity contribution is -0.123. The van der Waals surface area contributed by atoms with Gasteiger partial charge in [0, 0.05) is 9.50 Å². The summed E-state index contributed by atoms with van der Waals surface area (Å²) in [6.07, 6.45) is 1.52. The molecular weight excluding hydrogens is 585 g/mol. The quantitative estimate of drug-likeness (QED) is 0.230. The monoisotopic (exact) mass is 597 g/mol. The minimum Gasteiger partial charge on any atom is -0.377 e. The highest BCUT2D eigenvalue weighted by atomic mass is 79.9. The first-order valence-corrected chi connectivity index (χ1v) is 13.4. The first-order chi connectivity index (χ1) is 16.1. The number of imide groups is 1. The van der Waals surface area contributed by atoms with Crippen molar-refractivity contribution in [1.29, 1.82) is 0 Å². The molecule has 0 N–H and O–H groups in total. The van der Waals surface area contributed by atoms with E-state index in [4.69, 9.17) is 27.4 Å². The molecule has 0 unspecified atom stereocenters. The summed E-state index contributed by atoms with van der Waals surface area (Å²) in [7, 11) is -4.11. The maximum absolute atomic E-state index is 12.8. The van der Waals surface area contributed by atoms with E-state index in [2.05, 4.69) is 15.9 Å². The van der Waals surface area contributed by atoms with Crippen LogP contribution in [-0.4, -0.2) is 24.5 Å². The predicted octanol–water partition coefficient (Wildman–Crippen LogP) is 6.76. The topological polar surface area (TPSA) is 80.8 Å². The number of carbonyl (C=O) groups excluding carboxylic acids is 2. The highest BCUT2D eigenvalue weighted by Crippen LogP contribution is 2.35. The molecule has 34 heavy (non-hydrogen) atoms. The third kappa shape index (κ3) is 5.67. The maximum Gasteiger partial charge on any atom is 0.339 e. The van der Waals surface area contributed by atoms with Crippen LogP contribution in [0.25, 0.3) is 6.08 Å². The molecule has 1 fully saturated rings. The largest absolute Gasteiger partial charge is 0.377 e. The fourth-order valence-electron chi connectivity index (χ4n) is 3.00. The third-order valence-corrected chi connectivity index (χ3v) is 7.91. The van der Waals surface area contributed by atoms with E-state index < -0.39 is 16.0 Å². The molecule has 1 aliphatic rings. The summed E-state index contributed by atoms with van der Waals surface area (Å²) in [5.41, 5.74) is 1.33. The van der Waals surface area contributed by atoms with Gasteiger partial charge in [0.05, 0.1) is 16.5 Å². The highest BCUT2D eigenvalue weighted by Gasteiger charge is 2.35. The molecule has 0 radical (unpaired) electrons. The Labute approximate surface area is 218 Å².